The smallest absolute Gasteiger partial charge is 0.126 e. The van der Waals surface area contributed by atoms with Crippen LogP contribution in [0.25, 0.3) is 0 Å². The monoisotopic (exact) mass is 230 g/mol. The minimum absolute atomic E-state index is 0. The lowest BCUT2D eigenvalue weighted by atomic mass is 9.81. The zero-order valence-electron chi connectivity index (χ0n) is 8.93. The van der Waals surface area contributed by atoms with Gasteiger partial charge in [-0.05, 0) is 36.6 Å². The summed E-state index contributed by atoms with van der Waals surface area (Å²) in [5.74, 6) is -0.151. The molecule has 0 saturated carbocycles. The molecule has 1 saturated heterocycles. The first-order valence-corrected chi connectivity index (χ1v) is 4.80. The van der Waals surface area contributed by atoms with Crippen LogP contribution in [0.1, 0.15) is 16.7 Å². The second-order valence-electron chi connectivity index (χ2n) is 4.10. The molecule has 0 atom stereocenters. The van der Waals surface area contributed by atoms with Crippen molar-refractivity contribution in [2.24, 2.45) is 5.73 Å². The Morgan fingerprint density at radius 3 is 2.33 bits per heavy atom. The zero-order chi connectivity index (χ0) is 10.3. The van der Waals surface area contributed by atoms with Gasteiger partial charge in [0.1, 0.15) is 5.82 Å². The second-order valence-corrected chi connectivity index (χ2v) is 4.10. The summed E-state index contributed by atoms with van der Waals surface area (Å²) in [7, 11) is 0. The van der Waals surface area contributed by atoms with Crippen LogP contribution >= 0.6 is 12.4 Å². The van der Waals surface area contributed by atoms with Gasteiger partial charge in [0.2, 0.25) is 0 Å². The van der Waals surface area contributed by atoms with Crippen molar-refractivity contribution in [3.8, 4) is 0 Å². The first kappa shape index (κ1) is 12.4. The van der Waals surface area contributed by atoms with Crippen molar-refractivity contribution in [3.05, 3.63) is 34.6 Å². The van der Waals surface area contributed by atoms with Gasteiger partial charge in [-0.1, -0.05) is 6.07 Å². The summed E-state index contributed by atoms with van der Waals surface area (Å²) in [6.45, 7) is 5.28. The average Bonchev–Trinajstić information content (AvgIpc) is 2.11. The van der Waals surface area contributed by atoms with E-state index in [2.05, 4.69) is 5.32 Å². The van der Waals surface area contributed by atoms with Gasteiger partial charge in [-0.25, -0.2) is 4.39 Å². The zero-order valence-corrected chi connectivity index (χ0v) is 9.75. The highest BCUT2D eigenvalue weighted by Gasteiger charge is 2.35. The quantitative estimate of drug-likeness (QED) is 0.770. The van der Waals surface area contributed by atoms with Crippen molar-refractivity contribution in [1.82, 2.24) is 5.32 Å². The summed E-state index contributed by atoms with van der Waals surface area (Å²) in [5.41, 5.74) is 8.62. The molecule has 1 aromatic carbocycles. The summed E-state index contributed by atoms with van der Waals surface area (Å²) in [4.78, 5) is 0. The van der Waals surface area contributed by atoms with E-state index in [4.69, 9.17) is 5.73 Å². The van der Waals surface area contributed by atoms with Crippen LogP contribution in [0, 0.1) is 19.7 Å². The molecular weight excluding hydrogens is 215 g/mol. The molecule has 4 heteroatoms. The third-order valence-corrected chi connectivity index (χ3v) is 3.14. The van der Waals surface area contributed by atoms with E-state index >= 15 is 0 Å². The molecule has 1 aliphatic rings. The average molecular weight is 231 g/mol. The van der Waals surface area contributed by atoms with Crippen molar-refractivity contribution in [2.45, 2.75) is 19.4 Å². The van der Waals surface area contributed by atoms with E-state index in [-0.39, 0.29) is 23.8 Å². The van der Waals surface area contributed by atoms with E-state index in [1.165, 1.54) is 6.07 Å². The number of halogens is 2. The largest absolute Gasteiger partial charge is 0.319 e. The molecule has 1 aliphatic heterocycles. The fraction of sp³-hybridized carbons (Fsp3) is 0.455. The molecule has 1 heterocycles. The SMILES string of the molecule is Cc1c(F)ccc(C2(N)CNC2)c1C.Cl. The van der Waals surface area contributed by atoms with Crippen molar-refractivity contribution < 1.29 is 4.39 Å². The highest BCUT2D eigenvalue weighted by molar-refractivity contribution is 5.85. The molecule has 0 unspecified atom stereocenters. The summed E-state index contributed by atoms with van der Waals surface area (Å²) >= 11 is 0. The van der Waals surface area contributed by atoms with Gasteiger partial charge in [-0.15, -0.1) is 12.4 Å². The fourth-order valence-corrected chi connectivity index (χ4v) is 1.91. The van der Waals surface area contributed by atoms with Crippen LogP contribution in [0.4, 0.5) is 4.39 Å². The van der Waals surface area contributed by atoms with Crippen LogP contribution in [-0.2, 0) is 5.54 Å². The summed E-state index contributed by atoms with van der Waals surface area (Å²) < 4.78 is 13.2. The second kappa shape index (κ2) is 4.08. The van der Waals surface area contributed by atoms with Crippen LogP contribution in [0.5, 0.6) is 0 Å². The fourth-order valence-electron chi connectivity index (χ4n) is 1.91. The van der Waals surface area contributed by atoms with Crippen LogP contribution in [0.3, 0.4) is 0 Å². The van der Waals surface area contributed by atoms with Gasteiger partial charge in [0, 0.05) is 13.1 Å². The van der Waals surface area contributed by atoms with Gasteiger partial charge < -0.3 is 11.1 Å². The molecule has 0 radical (unpaired) electrons. The Morgan fingerprint density at radius 2 is 1.87 bits per heavy atom. The number of hydrogen-bond acceptors (Lipinski definition) is 2. The minimum Gasteiger partial charge on any atom is -0.319 e. The maximum Gasteiger partial charge on any atom is 0.126 e. The predicted molar refractivity (Wildman–Crippen MR) is 61.9 cm³/mol. The van der Waals surface area contributed by atoms with Gasteiger partial charge in [0.05, 0.1) is 5.54 Å². The Balaban J connectivity index is 0.00000112. The highest BCUT2D eigenvalue weighted by atomic mass is 35.5. The minimum atomic E-state index is -0.289. The van der Waals surface area contributed by atoms with Gasteiger partial charge in [0.15, 0.2) is 0 Å². The molecule has 15 heavy (non-hydrogen) atoms. The van der Waals surface area contributed by atoms with Gasteiger partial charge in [0.25, 0.3) is 0 Å². The Hall–Kier alpha value is -0.640. The van der Waals surface area contributed by atoms with Crippen molar-refractivity contribution >= 4 is 12.4 Å². The number of rotatable bonds is 1. The third-order valence-electron chi connectivity index (χ3n) is 3.14. The number of benzene rings is 1. The van der Waals surface area contributed by atoms with Crippen LogP contribution in [0.15, 0.2) is 12.1 Å². The molecular formula is C11H16ClFN2. The Kier molecular flexibility index (Phi) is 3.38. The Morgan fingerprint density at radius 1 is 1.27 bits per heavy atom. The molecule has 3 N–H and O–H groups in total. The maximum absolute atomic E-state index is 13.2. The third kappa shape index (κ3) is 1.87. The lowest BCUT2D eigenvalue weighted by molar-refractivity contribution is 0.285. The van der Waals surface area contributed by atoms with Crippen LogP contribution in [-0.4, -0.2) is 13.1 Å². The van der Waals surface area contributed by atoms with E-state index in [0.29, 0.717) is 5.56 Å². The van der Waals surface area contributed by atoms with Gasteiger partial charge in [-0.2, -0.15) is 0 Å². The molecule has 2 rings (SSSR count). The molecule has 0 bridgehead atoms. The van der Waals surface area contributed by atoms with Crippen molar-refractivity contribution in [2.75, 3.05) is 13.1 Å². The van der Waals surface area contributed by atoms with E-state index in [1.54, 1.807) is 13.0 Å². The lowest BCUT2D eigenvalue weighted by Gasteiger charge is -2.40. The molecule has 1 fully saturated rings. The van der Waals surface area contributed by atoms with E-state index in [1.807, 2.05) is 6.92 Å². The predicted octanol–water partition coefficient (Wildman–Crippen LogP) is 1.62. The molecule has 0 aromatic heterocycles. The van der Waals surface area contributed by atoms with E-state index in [0.717, 1.165) is 24.2 Å². The first-order valence-electron chi connectivity index (χ1n) is 4.80. The molecule has 0 amide bonds. The van der Waals surface area contributed by atoms with Crippen LogP contribution < -0.4 is 11.1 Å². The van der Waals surface area contributed by atoms with Gasteiger partial charge >= 0.3 is 0 Å². The molecule has 0 spiro atoms. The Labute approximate surface area is 95.5 Å². The van der Waals surface area contributed by atoms with E-state index in [9.17, 15) is 4.39 Å². The Bertz CT molecular complexity index is 375. The standard InChI is InChI=1S/C11H15FN2.ClH/c1-7-8(2)10(12)4-3-9(7)11(13)5-14-6-11;/h3-4,14H,5-6,13H2,1-2H3;1H. The molecule has 2 nitrogen and oxygen atoms in total. The molecule has 84 valence electrons. The van der Waals surface area contributed by atoms with E-state index < -0.39 is 0 Å². The van der Waals surface area contributed by atoms with Gasteiger partial charge in [-0.3, -0.25) is 0 Å². The highest BCUT2D eigenvalue weighted by Crippen LogP contribution is 2.28. The topological polar surface area (TPSA) is 38.0 Å². The molecule has 1 aromatic rings. The first-order chi connectivity index (χ1) is 6.54. The van der Waals surface area contributed by atoms with Crippen LogP contribution in [0.2, 0.25) is 0 Å². The lowest BCUT2D eigenvalue weighted by Crippen LogP contribution is -2.63. The maximum atomic E-state index is 13.2. The number of nitrogens with one attached hydrogen (secondary N) is 1. The normalized spacial score (nSPS) is 17.9. The van der Waals surface area contributed by atoms with Crippen molar-refractivity contribution in [1.29, 1.82) is 0 Å². The number of hydrogen-bond donors (Lipinski definition) is 2. The molecule has 0 aliphatic carbocycles. The number of nitrogens with two attached hydrogens (primary N) is 1. The summed E-state index contributed by atoms with van der Waals surface area (Å²) in [6, 6.07) is 3.31. The van der Waals surface area contributed by atoms with Crippen molar-refractivity contribution in [3.63, 3.8) is 0 Å². The summed E-state index contributed by atoms with van der Waals surface area (Å²) in [5, 5.41) is 3.14. The summed E-state index contributed by atoms with van der Waals surface area (Å²) in [6.07, 6.45) is 0.